The predicted molar refractivity (Wildman–Crippen MR) is 150 cm³/mol. The molecule has 2 N–H and O–H groups in total. The Balaban J connectivity index is 1.18. The molecule has 3 aromatic rings. The Morgan fingerprint density at radius 3 is 2.65 bits per heavy atom. The van der Waals surface area contributed by atoms with Crippen LogP contribution in [0.1, 0.15) is 61.9 Å². The van der Waals surface area contributed by atoms with Crippen molar-refractivity contribution in [2.75, 3.05) is 18.4 Å². The van der Waals surface area contributed by atoms with Crippen molar-refractivity contribution in [2.24, 2.45) is 0 Å². The molecule has 0 aliphatic heterocycles. The largest absolute Gasteiger partial charge is 0.480 e. The Hall–Kier alpha value is -3.46. The Kier molecular flexibility index (Phi) is 8.99. The number of carboxylic acids is 1. The van der Waals surface area contributed by atoms with E-state index < -0.39 is 17.9 Å². The van der Waals surface area contributed by atoms with Gasteiger partial charge in [-0.1, -0.05) is 36.4 Å². The Labute approximate surface area is 234 Å². The van der Waals surface area contributed by atoms with Crippen LogP contribution in [0, 0.1) is 0 Å². The van der Waals surface area contributed by atoms with Crippen molar-refractivity contribution in [3.8, 4) is 11.1 Å². The van der Waals surface area contributed by atoms with E-state index >= 15 is 0 Å². The summed E-state index contributed by atoms with van der Waals surface area (Å²) in [5.74, 6) is -3.20. The van der Waals surface area contributed by atoms with Crippen LogP contribution in [0.15, 0.2) is 55.0 Å². The topological polar surface area (TPSA) is 91.2 Å². The van der Waals surface area contributed by atoms with Gasteiger partial charge in [-0.25, -0.2) is 23.5 Å². The fourth-order valence-electron chi connectivity index (χ4n) is 5.74. The van der Waals surface area contributed by atoms with Crippen LogP contribution in [0.4, 0.5) is 14.6 Å². The van der Waals surface area contributed by atoms with Crippen molar-refractivity contribution < 1.29 is 18.7 Å². The van der Waals surface area contributed by atoms with Gasteiger partial charge in [-0.15, -0.1) is 0 Å². The number of aryl methyl sites for hydroxylation is 3. The second-order valence-electron chi connectivity index (χ2n) is 11.0. The number of hydrogen-bond donors (Lipinski definition) is 2. The highest BCUT2D eigenvalue weighted by Crippen LogP contribution is 2.40. The number of carboxylic acid groups (broad SMARTS) is 1. The van der Waals surface area contributed by atoms with E-state index in [2.05, 4.69) is 27.4 Å². The average molecular weight is 550 g/mol. The zero-order valence-corrected chi connectivity index (χ0v) is 22.7. The number of anilines is 1. The summed E-state index contributed by atoms with van der Waals surface area (Å²) in [4.78, 5) is 27.5. The van der Waals surface area contributed by atoms with Gasteiger partial charge in [0.25, 0.3) is 5.92 Å². The molecule has 0 saturated heterocycles. The second-order valence-corrected chi connectivity index (χ2v) is 11.0. The van der Waals surface area contributed by atoms with Gasteiger partial charge in [-0.3, -0.25) is 9.88 Å². The van der Waals surface area contributed by atoms with Crippen LogP contribution in [0.25, 0.3) is 11.1 Å². The fourth-order valence-corrected chi connectivity index (χ4v) is 5.74. The maximum atomic E-state index is 13.8. The Morgan fingerprint density at radius 1 is 1.07 bits per heavy atom. The number of halogens is 2. The average Bonchev–Trinajstić information content (AvgIpc) is 2.95. The zero-order valence-electron chi connectivity index (χ0n) is 22.7. The van der Waals surface area contributed by atoms with Crippen LogP contribution in [-0.2, 0) is 24.1 Å². The Morgan fingerprint density at radius 2 is 1.88 bits per heavy atom. The SMILES string of the molecule is O=C(O)[C@H](CCN(CCCCc1ccc2c(n1)CCCC2)C1CC(F)(F)C1)Nc1ncncc1-c1ccccc1. The van der Waals surface area contributed by atoms with Gasteiger partial charge in [0.1, 0.15) is 18.2 Å². The van der Waals surface area contributed by atoms with Gasteiger partial charge >= 0.3 is 5.97 Å². The van der Waals surface area contributed by atoms with E-state index in [1.54, 1.807) is 6.20 Å². The maximum Gasteiger partial charge on any atom is 0.326 e. The molecule has 1 saturated carbocycles. The van der Waals surface area contributed by atoms with Gasteiger partial charge in [0.2, 0.25) is 0 Å². The summed E-state index contributed by atoms with van der Waals surface area (Å²) in [6.45, 7) is 1.06. The minimum absolute atomic E-state index is 0.172. The van der Waals surface area contributed by atoms with Crippen LogP contribution in [0.3, 0.4) is 0 Å². The van der Waals surface area contributed by atoms with Crippen LogP contribution in [0.5, 0.6) is 0 Å². The van der Waals surface area contributed by atoms with Crippen LogP contribution >= 0.6 is 0 Å². The standard InChI is InChI=1S/C31H37F2N5O2/c32-31(33)18-25(19-31)38(16-7-6-11-24-14-13-23-10-4-5-12-27(23)36-24)17-15-28(30(39)40)37-29-26(20-34-21-35-29)22-8-2-1-3-9-22/h1-3,8-9,13-14,20-21,25,28H,4-7,10-12,15-19H2,(H,39,40)(H,34,35,37)/t28-/m0/s1. The Bertz CT molecular complexity index is 1280. The number of hydrogen-bond acceptors (Lipinski definition) is 6. The summed E-state index contributed by atoms with van der Waals surface area (Å²) < 4.78 is 27.5. The smallest absolute Gasteiger partial charge is 0.326 e. The molecule has 212 valence electrons. The molecule has 1 atom stereocenters. The van der Waals surface area contributed by atoms with Crippen molar-refractivity contribution in [1.29, 1.82) is 0 Å². The molecule has 1 fully saturated rings. The molecular formula is C31H37F2N5O2. The first-order chi connectivity index (χ1) is 19.4. The summed E-state index contributed by atoms with van der Waals surface area (Å²) in [6.07, 6.45) is 10.2. The van der Waals surface area contributed by atoms with E-state index in [4.69, 9.17) is 4.98 Å². The molecule has 0 unspecified atom stereocenters. The van der Waals surface area contributed by atoms with E-state index in [1.165, 1.54) is 30.4 Å². The van der Waals surface area contributed by atoms with Crippen molar-refractivity contribution in [2.45, 2.75) is 82.2 Å². The molecule has 0 bridgehead atoms. The first kappa shape index (κ1) is 28.1. The summed E-state index contributed by atoms with van der Waals surface area (Å²) in [5.41, 5.74) is 5.28. The molecule has 2 aliphatic carbocycles. The van der Waals surface area contributed by atoms with E-state index in [9.17, 15) is 18.7 Å². The number of aliphatic carboxylic acids is 1. The predicted octanol–water partition coefficient (Wildman–Crippen LogP) is 5.80. The summed E-state index contributed by atoms with van der Waals surface area (Å²) in [7, 11) is 0. The maximum absolute atomic E-state index is 13.8. The number of alkyl halides is 2. The van der Waals surface area contributed by atoms with E-state index in [0.717, 1.165) is 43.4 Å². The summed E-state index contributed by atoms with van der Waals surface area (Å²) >= 11 is 0. The van der Waals surface area contributed by atoms with Crippen LogP contribution < -0.4 is 5.32 Å². The lowest BCUT2D eigenvalue weighted by atomic mass is 9.86. The second kappa shape index (κ2) is 12.8. The van der Waals surface area contributed by atoms with E-state index in [1.807, 2.05) is 35.2 Å². The van der Waals surface area contributed by atoms with Gasteiger partial charge in [0.05, 0.1) is 0 Å². The summed E-state index contributed by atoms with van der Waals surface area (Å²) in [6, 6.07) is 12.7. The lowest BCUT2D eigenvalue weighted by molar-refractivity contribution is -0.139. The number of nitrogens with zero attached hydrogens (tertiary/aromatic N) is 4. The first-order valence-corrected chi connectivity index (χ1v) is 14.3. The third-order valence-corrected chi connectivity index (χ3v) is 8.06. The molecule has 1 aromatic carbocycles. The number of rotatable bonds is 13. The highest BCUT2D eigenvalue weighted by Gasteiger charge is 2.47. The molecule has 40 heavy (non-hydrogen) atoms. The van der Waals surface area contributed by atoms with E-state index in [0.29, 0.717) is 24.5 Å². The minimum Gasteiger partial charge on any atom is -0.480 e. The van der Waals surface area contributed by atoms with Crippen molar-refractivity contribution in [3.63, 3.8) is 0 Å². The van der Waals surface area contributed by atoms with Gasteiger partial charge < -0.3 is 10.4 Å². The van der Waals surface area contributed by atoms with Crippen LogP contribution in [-0.4, -0.2) is 62.0 Å². The molecule has 0 spiro atoms. The molecule has 2 heterocycles. The highest BCUT2D eigenvalue weighted by molar-refractivity contribution is 5.81. The number of fused-ring (bicyclic) bond motifs is 1. The van der Waals surface area contributed by atoms with Crippen molar-refractivity contribution in [3.05, 3.63) is 71.9 Å². The van der Waals surface area contributed by atoms with Gasteiger partial charge in [0.15, 0.2) is 0 Å². The van der Waals surface area contributed by atoms with Crippen molar-refractivity contribution in [1.82, 2.24) is 19.9 Å². The van der Waals surface area contributed by atoms with Gasteiger partial charge in [0, 0.05) is 48.6 Å². The van der Waals surface area contributed by atoms with Crippen molar-refractivity contribution >= 4 is 11.8 Å². The minimum atomic E-state index is -2.63. The molecule has 0 radical (unpaired) electrons. The lowest BCUT2D eigenvalue weighted by Crippen LogP contribution is -2.52. The quantitative estimate of drug-likeness (QED) is 0.261. The zero-order chi connectivity index (χ0) is 28.0. The molecule has 2 aliphatic rings. The third-order valence-electron chi connectivity index (χ3n) is 8.06. The number of pyridine rings is 1. The third kappa shape index (κ3) is 7.18. The number of unbranched alkanes of at least 4 members (excludes halogenated alkanes) is 1. The number of nitrogens with one attached hydrogen (secondary N) is 1. The molecule has 2 aromatic heterocycles. The number of aromatic nitrogens is 3. The molecular weight excluding hydrogens is 512 g/mol. The van der Waals surface area contributed by atoms with E-state index in [-0.39, 0.29) is 25.3 Å². The number of carbonyl (C=O) groups is 1. The van der Waals surface area contributed by atoms with Gasteiger partial charge in [-0.05, 0) is 75.1 Å². The van der Waals surface area contributed by atoms with Gasteiger partial charge in [-0.2, -0.15) is 0 Å². The molecule has 5 rings (SSSR count). The normalized spacial score (nSPS) is 17.2. The molecule has 7 nitrogen and oxygen atoms in total. The first-order valence-electron chi connectivity index (χ1n) is 14.3. The molecule has 9 heteroatoms. The molecule has 0 amide bonds. The highest BCUT2D eigenvalue weighted by atomic mass is 19.3. The van der Waals surface area contributed by atoms with Crippen LogP contribution in [0.2, 0.25) is 0 Å². The number of benzene rings is 1. The fraction of sp³-hybridized carbons (Fsp3) is 0.484. The summed E-state index contributed by atoms with van der Waals surface area (Å²) in [5, 5.41) is 13.0. The lowest BCUT2D eigenvalue weighted by Gasteiger charge is -2.43. The monoisotopic (exact) mass is 549 g/mol.